The summed E-state index contributed by atoms with van der Waals surface area (Å²) in [5.41, 5.74) is 0.589. The van der Waals surface area contributed by atoms with Gasteiger partial charge < -0.3 is 15.2 Å². The first-order valence-corrected chi connectivity index (χ1v) is 9.22. The number of carboxylic acids is 1. The van der Waals surface area contributed by atoms with Gasteiger partial charge in [-0.2, -0.15) is 0 Å². The van der Waals surface area contributed by atoms with Crippen LogP contribution in [0.3, 0.4) is 0 Å². The van der Waals surface area contributed by atoms with Crippen molar-refractivity contribution in [2.24, 2.45) is 11.8 Å². The van der Waals surface area contributed by atoms with Crippen LogP contribution in [0.4, 0.5) is 4.79 Å². The molecule has 3 amide bonds. The van der Waals surface area contributed by atoms with Gasteiger partial charge in [0, 0.05) is 23.0 Å². The van der Waals surface area contributed by atoms with Gasteiger partial charge in [-0.1, -0.05) is 36.4 Å². The van der Waals surface area contributed by atoms with E-state index in [1.54, 1.807) is 0 Å². The lowest BCUT2D eigenvalue weighted by molar-refractivity contribution is -0.139. The number of carbonyl (C=O) groups is 3. The van der Waals surface area contributed by atoms with Gasteiger partial charge in [-0.3, -0.25) is 14.9 Å². The Labute approximate surface area is 160 Å². The zero-order valence-electron chi connectivity index (χ0n) is 14.8. The van der Waals surface area contributed by atoms with E-state index in [-0.39, 0.29) is 12.3 Å². The zero-order valence-corrected chi connectivity index (χ0v) is 14.8. The molecule has 0 bridgehead atoms. The summed E-state index contributed by atoms with van der Waals surface area (Å²) in [6.07, 6.45) is 0.645. The van der Waals surface area contributed by atoms with Crippen LogP contribution in [0.25, 0.3) is 0 Å². The number of aliphatic carboxylic acids is 1. The van der Waals surface area contributed by atoms with Crippen molar-refractivity contribution in [1.82, 2.24) is 10.6 Å². The van der Waals surface area contributed by atoms with Crippen LogP contribution in [-0.2, 0) is 9.59 Å². The summed E-state index contributed by atoms with van der Waals surface area (Å²) in [5, 5.41) is 14.5. The summed E-state index contributed by atoms with van der Waals surface area (Å²) in [4.78, 5) is 36.3. The maximum atomic E-state index is 12.8. The third-order valence-corrected chi connectivity index (χ3v) is 6.04. The fraction of sp³-hybridized carbons (Fsp3) is 0.286. The van der Waals surface area contributed by atoms with E-state index in [1.807, 2.05) is 48.5 Å². The average molecular weight is 378 g/mol. The van der Waals surface area contributed by atoms with Crippen LogP contribution in [0, 0.1) is 11.8 Å². The Morgan fingerprint density at radius 3 is 2.18 bits per heavy atom. The maximum absolute atomic E-state index is 12.8. The van der Waals surface area contributed by atoms with E-state index in [1.165, 1.54) is 0 Å². The molecule has 0 unspecified atom stereocenters. The predicted octanol–water partition coefficient (Wildman–Crippen LogP) is 2.61. The molecule has 1 aliphatic carbocycles. The molecule has 0 radical (unpaired) electrons. The van der Waals surface area contributed by atoms with Crippen LogP contribution in [0.2, 0.25) is 0 Å². The molecule has 3 N–H and O–H groups in total. The number of carboxylic acid groups (broad SMARTS) is 1. The highest BCUT2D eigenvalue weighted by Gasteiger charge is 2.64. The average Bonchev–Trinajstić information content (AvgIpc) is 3.43. The van der Waals surface area contributed by atoms with E-state index >= 15 is 0 Å². The van der Waals surface area contributed by atoms with Crippen molar-refractivity contribution in [3.05, 3.63) is 59.7 Å². The Morgan fingerprint density at radius 1 is 1.07 bits per heavy atom. The highest BCUT2D eigenvalue weighted by Crippen LogP contribution is 2.54. The normalized spacial score (nSPS) is 27.9. The van der Waals surface area contributed by atoms with Crippen molar-refractivity contribution in [3.8, 4) is 11.5 Å². The number of nitrogens with one attached hydrogen (secondary N) is 2. The van der Waals surface area contributed by atoms with Crippen LogP contribution < -0.4 is 15.4 Å². The summed E-state index contributed by atoms with van der Waals surface area (Å²) >= 11 is 0. The number of rotatable bonds is 4. The summed E-state index contributed by atoms with van der Waals surface area (Å²) in [7, 11) is 0. The first-order valence-electron chi connectivity index (χ1n) is 9.22. The molecule has 2 aromatic rings. The van der Waals surface area contributed by atoms with Gasteiger partial charge >= 0.3 is 12.0 Å². The molecule has 2 heterocycles. The van der Waals surface area contributed by atoms with E-state index < -0.39 is 35.3 Å². The van der Waals surface area contributed by atoms with Crippen LogP contribution in [0.1, 0.15) is 29.9 Å². The Balaban J connectivity index is 1.60. The van der Waals surface area contributed by atoms with Crippen molar-refractivity contribution >= 4 is 17.9 Å². The lowest BCUT2D eigenvalue weighted by Crippen LogP contribution is -2.51. The SMILES string of the molecule is O=C1NC(=O)[C@@](CC2c3ccccc3Oc3ccccc32)([C@@H]2C[C@H]2C(=O)O)N1. The molecule has 0 spiro atoms. The molecule has 28 heavy (non-hydrogen) atoms. The number of imide groups is 1. The number of carbonyl (C=O) groups excluding carboxylic acids is 2. The van der Waals surface area contributed by atoms with Crippen LogP contribution >= 0.6 is 0 Å². The molecule has 0 aromatic heterocycles. The molecule has 7 nitrogen and oxygen atoms in total. The number of urea groups is 1. The first-order chi connectivity index (χ1) is 13.5. The molecule has 142 valence electrons. The van der Waals surface area contributed by atoms with E-state index in [0.717, 1.165) is 11.1 Å². The van der Waals surface area contributed by atoms with Gasteiger partial charge in [0.1, 0.15) is 17.0 Å². The lowest BCUT2D eigenvalue weighted by Gasteiger charge is -2.35. The van der Waals surface area contributed by atoms with Gasteiger partial charge in [0.15, 0.2) is 0 Å². The predicted molar refractivity (Wildman–Crippen MR) is 98.1 cm³/mol. The molecule has 7 heteroatoms. The summed E-state index contributed by atoms with van der Waals surface area (Å²) in [6.45, 7) is 0. The van der Waals surface area contributed by atoms with Crippen molar-refractivity contribution in [1.29, 1.82) is 0 Å². The Hall–Kier alpha value is -3.35. The third-order valence-electron chi connectivity index (χ3n) is 6.04. The Morgan fingerprint density at radius 2 is 1.68 bits per heavy atom. The monoisotopic (exact) mass is 378 g/mol. The molecule has 1 saturated carbocycles. The van der Waals surface area contributed by atoms with E-state index in [0.29, 0.717) is 17.9 Å². The quantitative estimate of drug-likeness (QED) is 0.710. The Bertz CT molecular complexity index is 974. The highest BCUT2D eigenvalue weighted by atomic mass is 16.5. The summed E-state index contributed by atoms with van der Waals surface area (Å²) in [6, 6.07) is 14.6. The van der Waals surface area contributed by atoms with Gasteiger partial charge in [0.2, 0.25) is 0 Å². The van der Waals surface area contributed by atoms with Crippen molar-refractivity contribution < 1.29 is 24.2 Å². The molecule has 2 fully saturated rings. The van der Waals surface area contributed by atoms with Crippen LogP contribution in [0.15, 0.2) is 48.5 Å². The number of para-hydroxylation sites is 2. The number of ether oxygens (including phenoxy) is 1. The van der Waals surface area contributed by atoms with Crippen molar-refractivity contribution in [2.45, 2.75) is 24.3 Å². The van der Waals surface area contributed by atoms with Crippen molar-refractivity contribution in [2.75, 3.05) is 0 Å². The van der Waals surface area contributed by atoms with Gasteiger partial charge in [-0.25, -0.2) is 4.79 Å². The number of hydrogen-bond donors (Lipinski definition) is 3. The summed E-state index contributed by atoms with van der Waals surface area (Å²) in [5.74, 6) is -1.25. The highest BCUT2D eigenvalue weighted by molar-refractivity contribution is 6.08. The lowest BCUT2D eigenvalue weighted by atomic mass is 9.75. The van der Waals surface area contributed by atoms with E-state index in [2.05, 4.69) is 10.6 Å². The van der Waals surface area contributed by atoms with Crippen LogP contribution in [0.5, 0.6) is 11.5 Å². The molecular formula is C21H18N2O5. The first kappa shape index (κ1) is 16.8. The minimum Gasteiger partial charge on any atom is -0.481 e. The molecule has 3 aliphatic rings. The van der Waals surface area contributed by atoms with Gasteiger partial charge in [-0.05, 0) is 25.0 Å². The second-order valence-electron chi connectivity index (χ2n) is 7.60. The van der Waals surface area contributed by atoms with Crippen molar-refractivity contribution in [3.63, 3.8) is 0 Å². The maximum Gasteiger partial charge on any atom is 0.322 e. The molecule has 2 aromatic carbocycles. The van der Waals surface area contributed by atoms with Gasteiger partial charge in [-0.15, -0.1) is 0 Å². The largest absolute Gasteiger partial charge is 0.481 e. The van der Waals surface area contributed by atoms with E-state index in [4.69, 9.17) is 4.74 Å². The number of hydrogen-bond acceptors (Lipinski definition) is 4. The standard InChI is InChI=1S/C21H18N2O5/c24-18(25)13-9-15(13)21(19(26)22-20(27)23-21)10-14-11-5-1-3-7-16(11)28-17-8-4-2-6-12(14)17/h1-8,13-15H,9-10H2,(H,24,25)(H2,22,23,26,27)/t13-,15-,21-/m1/s1. The second kappa shape index (κ2) is 5.82. The van der Waals surface area contributed by atoms with Gasteiger partial charge in [0.05, 0.1) is 5.92 Å². The van der Waals surface area contributed by atoms with Gasteiger partial charge in [0.25, 0.3) is 5.91 Å². The molecular weight excluding hydrogens is 360 g/mol. The topological polar surface area (TPSA) is 105 Å². The Kier molecular flexibility index (Phi) is 3.49. The summed E-state index contributed by atoms with van der Waals surface area (Å²) < 4.78 is 6.01. The minimum absolute atomic E-state index is 0.208. The van der Waals surface area contributed by atoms with Crippen LogP contribution in [-0.4, -0.2) is 28.6 Å². The van der Waals surface area contributed by atoms with E-state index in [9.17, 15) is 19.5 Å². The second-order valence-corrected chi connectivity index (χ2v) is 7.60. The molecule has 5 rings (SSSR count). The zero-order chi connectivity index (χ0) is 19.5. The fourth-order valence-electron chi connectivity index (χ4n) is 4.62. The minimum atomic E-state index is -1.25. The number of amides is 3. The number of fused-ring (bicyclic) bond motifs is 2. The molecule has 1 saturated heterocycles. The number of benzene rings is 2. The molecule has 3 atom stereocenters. The molecule has 2 aliphatic heterocycles. The fourth-order valence-corrected chi connectivity index (χ4v) is 4.62. The smallest absolute Gasteiger partial charge is 0.322 e. The third kappa shape index (κ3) is 2.39.